The molecule has 0 aliphatic rings. The zero-order valence-electron chi connectivity index (χ0n) is 9.46. The Morgan fingerprint density at radius 3 is 1.79 bits per heavy atom. The van der Waals surface area contributed by atoms with Gasteiger partial charge < -0.3 is 0 Å². The summed E-state index contributed by atoms with van der Waals surface area (Å²) < 4.78 is 101. The van der Waals surface area contributed by atoms with Crippen LogP contribution in [0, 0.1) is 0 Å². The van der Waals surface area contributed by atoms with Crippen molar-refractivity contribution in [2.45, 2.75) is 32.1 Å². The Kier molecular flexibility index (Phi) is 4.11. The Morgan fingerprint density at radius 2 is 1.47 bits per heavy atom. The van der Waals surface area contributed by atoms with E-state index in [1.165, 1.54) is 0 Å². The quantitative estimate of drug-likeness (QED) is 0.655. The van der Waals surface area contributed by atoms with Gasteiger partial charge in [0.1, 0.15) is 0 Å². The van der Waals surface area contributed by atoms with Crippen LogP contribution in [-0.2, 0) is 18.8 Å². The maximum absolute atomic E-state index is 12.7. The fourth-order valence-electron chi connectivity index (χ4n) is 1.82. The van der Waals surface area contributed by atoms with E-state index < -0.39 is 47.5 Å². The maximum Gasteiger partial charge on any atom is 0.417 e. The SMILES string of the molecule is CCc1c(C(F)(F)F)ccc(C(F)F)c1C(F)(F)F. The van der Waals surface area contributed by atoms with Gasteiger partial charge in [0.05, 0.1) is 11.1 Å². The minimum atomic E-state index is -5.27. The van der Waals surface area contributed by atoms with Crippen LogP contribution in [0.1, 0.15) is 35.6 Å². The van der Waals surface area contributed by atoms with E-state index >= 15 is 0 Å². The highest BCUT2D eigenvalue weighted by molar-refractivity contribution is 5.45. The summed E-state index contributed by atoms with van der Waals surface area (Å²) in [4.78, 5) is 0. The Labute approximate surface area is 103 Å². The summed E-state index contributed by atoms with van der Waals surface area (Å²) in [6.45, 7) is 1.05. The van der Waals surface area contributed by atoms with Gasteiger partial charge in [0.15, 0.2) is 0 Å². The normalized spacial score (nSPS) is 13.2. The average Bonchev–Trinajstić information content (AvgIpc) is 2.24. The lowest BCUT2D eigenvalue weighted by atomic mass is 9.93. The van der Waals surface area contributed by atoms with Crippen LogP contribution in [0.2, 0.25) is 0 Å². The second kappa shape index (κ2) is 4.97. The molecule has 0 N–H and O–H groups in total. The molecule has 0 spiro atoms. The molecule has 0 fully saturated rings. The number of benzene rings is 1. The second-order valence-corrected chi connectivity index (χ2v) is 3.71. The third-order valence-corrected chi connectivity index (χ3v) is 2.52. The molecule has 0 unspecified atom stereocenters. The van der Waals surface area contributed by atoms with E-state index in [0.29, 0.717) is 0 Å². The molecule has 0 aliphatic carbocycles. The monoisotopic (exact) mass is 292 g/mol. The van der Waals surface area contributed by atoms with Crippen molar-refractivity contribution in [3.05, 3.63) is 34.4 Å². The van der Waals surface area contributed by atoms with Crippen LogP contribution in [0.5, 0.6) is 0 Å². The molecule has 0 radical (unpaired) electrons. The van der Waals surface area contributed by atoms with Crippen molar-refractivity contribution in [2.24, 2.45) is 0 Å². The molecule has 0 atom stereocenters. The van der Waals surface area contributed by atoms with Gasteiger partial charge in [-0.15, -0.1) is 0 Å². The van der Waals surface area contributed by atoms with Crippen molar-refractivity contribution in [3.8, 4) is 0 Å². The summed E-state index contributed by atoms with van der Waals surface area (Å²) in [6.07, 6.45) is -14.4. The molecule has 0 nitrogen and oxygen atoms in total. The van der Waals surface area contributed by atoms with Crippen LogP contribution in [-0.4, -0.2) is 0 Å². The van der Waals surface area contributed by atoms with Crippen molar-refractivity contribution >= 4 is 0 Å². The lowest BCUT2D eigenvalue weighted by molar-refractivity contribution is -0.145. The van der Waals surface area contributed by atoms with Gasteiger partial charge in [-0.2, -0.15) is 26.3 Å². The van der Waals surface area contributed by atoms with Crippen LogP contribution in [0.25, 0.3) is 0 Å². The van der Waals surface area contributed by atoms with Crippen LogP contribution in [0.3, 0.4) is 0 Å². The molecular weight excluding hydrogens is 284 g/mol. The maximum atomic E-state index is 12.7. The third kappa shape index (κ3) is 3.16. The van der Waals surface area contributed by atoms with Crippen LogP contribution in [0.15, 0.2) is 12.1 Å². The van der Waals surface area contributed by atoms with Crippen LogP contribution >= 0.6 is 0 Å². The Hall–Kier alpha value is -1.34. The first-order valence-corrected chi connectivity index (χ1v) is 5.08. The number of rotatable bonds is 2. The van der Waals surface area contributed by atoms with E-state index in [9.17, 15) is 35.1 Å². The Bertz CT molecular complexity index is 455. The minimum Gasteiger partial charge on any atom is -0.205 e. The molecule has 0 bridgehead atoms. The highest BCUT2D eigenvalue weighted by Crippen LogP contribution is 2.43. The van der Waals surface area contributed by atoms with E-state index in [-0.39, 0.29) is 12.1 Å². The van der Waals surface area contributed by atoms with Gasteiger partial charge in [-0.3, -0.25) is 0 Å². The first-order chi connectivity index (χ1) is 8.50. The molecule has 108 valence electrons. The molecule has 1 rings (SSSR count). The Balaban J connectivity index is 3.70. The molecule has 0 saturated heterocycles. The van der Waals surface area contributed by atoms with Gasteiger partial charge in [-0.1, -0.05) is 13.0 Å². The molecule has 0 heterocycles. The Morgan fingerprint density at radius 1 is 0.947 bits per heavy atom. The van der Waals surface area contributed by atoms with E-state index in [4.69, 9.17) is 0 Å². The molecule has 1 aromatic carbocycles. The van der Waals surface area contributed by atoms with E-state index in [1.807, 2.05) is 0 Å². The van der Waals surface area contributed by atoms with Crippen LogP contribution < -0.4 is 0 Å². The van der Waals surface area contributed by atoms with Crippen molar-refractivity contribution in [3.63, 3.8) is 0 Å². The average molecular weight is 292 g/mol. The lowest BCUT2D eigenvalue weighted by Gasteiger charge is -2.20. The first-order valence-electron chi connectivity index (χ1n) is 5.08. The standard InChI is InChI=1S/C11H8F8/c1-2-5-7(10(14,15)16)4-3-6(9(12)13)8(5)11(17,18)19/h3-4,9H,2H2,1H3. The molecule has 0 amide bonds. The van der Waals surface area contributed by atoms with Gasteiger partial charge in [0, 0.05) is 5.56 Å². The highest BCUT2D eigenvalue weighted by Gasteiger charge is 2.43. The molecule has 1 aromatic rings. The fraction of sp³-hybridized carbons (Fsp3) is 0.455. The van der Waals surface area contributed by atoms with Gasteiger partial charge in [0.2, 0.25) is 0 Å². The van der Waals surface area contributed by atoms with Crippen molar-refractivity contribution < 1.29 is 35.1 Å². The van der Waals surface area contributed by atoms with E-state index in [1.54, 1.807) is 0 Å². The van der Waals surface area contributed by atoms with Gasteiger partial charge in [-0.25, -0.2) is 8.78 Å². The van der Waals surface area contributed by atoms with E-state index in [2.05, 4.69) is 0 Å². The topological polar surface area (TPSA) is 0 Å². The van der Waals surface area contributed by atoms with Gasteiger partial charge in [0.25, 0.3) is 6.43 Å². The number of hydrogen-bond donors (Lipinski definition) is 0. The summed E-state index contributed by atoms with van der Waals surface area (Å²) in [5, 5.41) is 0. The van der Waals surface area contributed by atoms with Crippen LogP contribution in [0.4, 0.5) is 35.1 Å². The smallest absolute Gasteiger partial charge is 0.205 e. The first kappa shape index (κ1) is 15.7. The number of hydrogen-bond acceptors (Lipinski definition) is 0. The van der Waals surface area contributed by atoms with Crippen molar-refractivity contribution in [1.82, 2.24) is 0 Å². The molecule has 8 heteroatoms. The zero-order chi connectivity index (χ0) is 15.0. The predicted molar refractivity (Wildman–Crippen MR) is 50.8 cm³/mol. The minimum absolute atomic E-state index is 0.176. The van der Waals surface area contributed by atoms with Gasteiger partial charge in [-0.05, 0) is 18.1 Å². The van der Waals surface area contributed by atoms with Crippen molar-refractivity contribution in [2.75, 3.05) is 0 Å². The third-order valence-electron chi connectivity index (χ3n) is 2.52. The summed E-state index contributed by atoms with van der Waals surface area (Å²) in [5.74, 6) is 0. The highest BCUT2D eigenvalue weighted by atomic mass is 19.4. The number of alkyl halides is 8. The molecular formula is C11H8F8. The molecule has 0 aliphatic heterocycles. The van der Waals surface area contributed by atoms with Gasteiger partial charge >= 0.3 is 12.4 Å². The zero-order valence-corrected chi connectivity index (χ0v) is 9.46. The molecule has 19 heavy (non-hydrogen) atoms. The molecule has 0 aromatic heterocycles. The van der Waals surface area contributed by atoms with E-state index in [0.717, 1.165) is 6.92 Å². The summed E-state index contributed by atoms with van der Waals surface area (Å²) in [7, 11) is 0. The molecule has 0 saturated carbocycles. The summed E-state index contributed by atoms with van der Waals surface area (Å²) in [5.41, 5.74) is -6.01. The number of halogens is 8. The second-order valence-electron chi connectivity index (χ2n) is 3.71. The largest absolute Gasteiger partial charge is 0.417 e. The lowest BCUT2D eigenvalue weighted by Crippen LogP contribution is -2.18. The van der Waals surface area contributed by atoms with Crippen molar-refractivity contribution in [1.29, 1.82) is 0 Å². The summed E-state index contributed by atoms with van der Waals surface area (Å²) >= 11 is 0. The predicted octanol–water partition coefficient (Wildman–Crippen LogP) is 5.22. The fourth-order valence-corrected chi connectivity index (χ4v) is 1.82. The summed E-state index contributed by atoms with van der Waals surface area (Å²) in [6, 6.07) is 0.436.